The van der Waals surface area contributed by atoms with Gasteiger partial charge >= 0.3 is 18.1 Å². The lowest BCUT2D eigenvalue weighted by molar-refractivity contribution is 0.144. The Kier molecular flexibility index (Phi) is 7.96. The van der Waals surface area contributed by atoms with E-state index in [1.165, 1.54) is 0 Å². The molecule has 0 aliphatic rings. The van der Waals surface area contributed by atoms with Gasteiger partial charge in [0, 0.05) is 13.2 Å². The molecule has 0 radical (unpaired) electrons. The average Bonchev–Trinajstić information content (AvgIpc) is 2.62. The Hall–Kier alpha value is -1.07. The highest BCUT2D eigenvalue weighted by molar-refractivity contribution is 7.00. The van der Waals surface area contributed by atoms with E-state index in [0.717, 1.165) is 10.4 Å². The first-order chi connectivity index (χ1) is 12.4. The summed E-state index contributed by atoms with van der Waals surface area (Å²) in [6.45, 7) is 11.7. The van der Waals surface area contributed by atoms with Crippen LogP contribution in [0.15, 0.2) is 60.7 Å². The van der Waals surface area contributed by atoms with Gasteiger partial charge in [-0.3, -0.25) is 0 Å². The maximum Gasteiger partial charge on any atom is 0.475 e. The number of rotatable bonds is 10. The first kappa shape index (κ1) is 21.2. The summed E-state index contributed by atoms with van der Waals surface area (Å²) in [6, 6.07) is 20.6. The summed E-state index contributed by atoms with van der Waals surface area (Å²) in [6.07, 6.45) is 0. The monoisotopic (exact) mass is 406 g/mol. The molecule has 0 amide bonds. The van der Waals surface area contributed by atoms with Crippen molar-refractivity contribution in [2.75, 3.05) is 13.2 Å². The van der Waals surface area contributed by atoms with Crippen molar-refractivity contribution in [2.24, 2.45) is 0 Å². The van der Waals surface area contributed by atoms with E-state index in [9.17, 15) is 0 Å². The second kappa shape index (κ2) is 9.75. The molecule has 0 fully saturated rings. The summed E-state index contributed by atoms with van der Waals surface area (Å²) in [5.41, 5.74) is 0. The third-order valence-electron chi connectivity index (χ3n) is 3.63. The fraction of sp³-hybridized carbons (Fsp3) is 0.368. The Morgan fingerprint density at radius 2 is 1.15 bits per heavy atom. The summed E-state index contributed by atoms with van der Waals surface area (Å²) < 4.78 is 25.3. The second-order valence-electron chi connectivity index (χ2n) is 6.88. The smallest absolute Gasteiger partial charge is 0.430 e. The molecule has 0 saturated heterocycles. The van der Waals surface area contributed by atoms with Gasteiger partial charge in [0.05, 0.1) is 0 Å². The van der Waals surface area contributed by atoms with Crippen molar-refractivity contribution < 1.29 is 17.1 Å². The fourth-order valence-corrected chi connectivity index (χ4v) is 12.7. The SMILES string of the molecule is CCO[SiH](OCC)O[Si](O[Si](C)(C)C)(c1ccccc1)c1ccccc1. The predicted molar refractivity (Wildman–Crippen MR) is 114 cm³/mol. The van der Waals surface area contributed by atoms with E-state index >= 15 is 0 Å². The molecular weight excluding hydrogens is 376 g/mol. The van der Waals surface area contributed by atoms with Gasteiger partial charge < -0.3 is 17.1 Å². The summed E-state index contributed by atoms with van der Waals surface area (Å²) in [4.78, 5) is 0. The molecule has 0 aliphatic carbocycles. The quantitative estimate of drug-likeness (QED) is 0.569. The Labute approximate surface area is 161 Å². The van der Waals surface area contributed by atoms with Gasteiger partial charge in [-0.2, -0.15) is 0 Å². The van der Waals surface area contributed by atoms with Crippen molar-refractivity contribution in [3.8, 4) is 0 Å². The lowest BCUT2D eigenvalue weighted by Crippen LogP contribution is -2.69. The first-order valence-corrected chi connectivity index (χ1v) is 15.8. The van der Waals surface area contributed by atoms with E-state index in [-0.39, 0.29) is 0 Å². The van der Waals surface area contributed by atoms with Crippen LogP contribution in [0.4, 0.5) is 0 Å². The Morgan fingerprint density at radius 1 is 0.731 bits per heavy atom. The van der Waals surface area contributed by atoms with Crippen LogP contribution in [0.25, 0.3) is 0 Å². The van der Waals surface area contributed by atoms with Crippen LogP contribution < -0.4 is 10.4 Å². The van der Waals surface area contributed by atoms with Crippen LogP contribution >= 0.6 is 0 Å². The summed E-state index contributed by atoms with van der Waals surface area (Å²) in [7, 11) is -7.20. The van der Waals surface area contributed by atoms with Gasteiger partial charge in [-0.05, 0) is 43.9 Å². The highest BCUT2D eigenvalue weighted by atomic mass is 28.5. The van der Waals surface area contributed by atoms with Gasteiger partial charge in [0.1, 0.15) is 0 Å². The molecule has 2 rings (SSSR count). The molecule has 7 heteroatoms. The van der Waals surface area contributed by atoms with E-state index in [2.05, 4.69) is 43.9 Å². The zero-order valence-electron chi connectivity index (χ0n) is 16.4. The van der Waals surface area contributed by atoms with Crippen molar-refractivity contribution in [3.63, 3.8) is 0 Å². The lowest BCUT2D eigenvalue weighted by atomic mass is 10.4. The second-order valence-corrected chi connectivity index (χ2v) is 16.5. The summed E-state index contributed by atoms with van der Waals surface area (Å²) in [5.74, 6) is 0. The van der Waals surface area contributed by atoms with E-state index in [0.29, 0.717) is 13.2 Å². The third-order valence-corrected chi connectivity index (χ3v) is 12.7. The molecule has 26 heavy (non-hydrogen) atoms. The molecule has 2 aromatic carbocycles. The van der Waals surface area contributed by atoms with Crippen LogP contribution in [0.2, 0.25) is 19.6 Å². The average molecular weight is 407 g/mol. The van der Waals surface area contributed by atoms with Gasteiger partial charge in [-0.1, -0.05) is 60.7 Å². The molecule has 0 aliphatic heterocycles. The van der Waals surface area contributed by atoms with Crippen LogP contribution in [-0.4, -0.2) is 39.6 Å². The van der Waals surface area contributed by atoms with Crippen molar-refractivity contribution in [1.82, 2.24) is 0 Å². The van der Waals surface area contributed by atoms with Crippen LogP contribution in [0, 0.1) is 0 Å². The number of benzene rings is 2. The van der Waals surface area contributed by atoms with Crippen LogP contribution in [0.1, 0.15) is 13.8 Å². The van der Waals surface area contributed by atoms with E-state index in [1.807, 2.05) is 50.2 Å². The lowest BCUT2D eigenvalue weighted by Gasteiger charge is -2.38. The van der Waals surface area contributed by atoms with Crippen LogP contribution in [0.3, 0.4) is 0 Å². The first-order valence-electron chi connectivity index (χ1n) is 9.13. The van der Waals surface area contributed by atoms with Crippen LogP contribution in [0.5, 0.6) is 0 Å². The van der Waals surface area contributed by atoms with Crippen molar-refractivity contribution in [3.05, 3.63) is 60.7 Å². The molecule has 0 spiro atoms. The van der Waals surface area contributed by atoms with E-state index < -0.39 is 26.4 Å². The molecule has 0 heterocycles. The standard InChI is InChI=1S/C19H30O4Si3/c1-6-20-24(21-7-2)22-26(23-25(3,4)5,18-14-10-8-11-15-18)19-16-12-9-13-17-19/h8-17,24H,6-7H2,1-5H3. The maximum atomic E-state index is 6.85. The zero-order chi connectivity index (χ0) is 19.0. The van der Waals surface area contributed by atoms with E-state index in [1.54, 1.807) is 0 Å². The maximum absolute atomic E-state index is 6.85. The topological polar surface area (TPSA) is 36.9 Å². The van der Waals surface area contributed by atoms with Crippen molar-refractivity contribution >= 4 is 36.8 Å². The Morgan fingerprint density at radius 3 is 1.50 bits per heavy atom. The minimum atomic E-state index is -2.95. The predicted octanol–water partition coefficient (Wildman–Crippen LogP) is 2.90. The molecule has 4 nitrogen and oxygen atoms in total. The highest BCUT2D eigenvalue weighted by Gasteiger charge is 2.48. The summed E-state index contributed by atoms with van der Waals surface area (Å²) >= 11 is 0. The van der Waals surface area contributed by atoms with Gasteiger partial charge in [0.15, 0.2) is 8.32 Å². The van der Waals surface area contributed by atoms with Gasteiger partial charge in [0.2, 0.25) is 0 Å². The Balaban J connectivity index is 2.59. The summed E-state index contributed by atoms with van der Waals surface area (Å²) in [5, 5.41) is 2.18. The molecule has 0 atom stereocenters. The van der Waals surface area contributed by atoms with Crippen LogP contribution in [-0.2, 0) is 17.1 Å². The fourth-order valence-electron chi connectivity index (χ4n) is 2.71. The van der Waals surface area contributed by atoms with Gasteiger partial charge in [-0.25, -0.2) is 0 Å². The number of hydrogen-bond acceptors (Lipinski definition) is 4. The molecular formula is C19H30O4Si3. The van der Waals surface area contributed by atoms with Gasteiger partial charge in [-0.15, -0.1) is 0 Å². The molecule has 142 valence electrons. The third kappa shape index (κ3) is 5.71. The number of hydrogen-bond donors (Lipinski definition) is 0. The van der Waals surface area contributed by atoms with Crippen molar-refractivity contribution in [1.29, 1.82) is 0 Å². The molecule has 0 saturated carbocycles. The minimum Gasteiger partial charge on any atom is -0.430 e. The Bertz CT molecular complexity index is 601. The normalized spacial score (nSPS) is 12.5. The highest BCUT2D eigenvalue weighted by Crippen LogP contribution is 2.18. The minimum absolute atomic E-state index is 0.567. The largest absolute Gasteiger partial charge is 0.475 e. The van der Waals surface area contributed by atoms with E-state index in [4.69, 9.17) is 17.1 Å². The molecule has 0 N–H and O–H groups in total. The molecule has 0 aromatic heterocycles. The van der Waals surface area contributed by atoms with Gasteiger partial charge in [0.25, 0.3) is 0 Å². The molecule has 2 aromatic rings. The molecule has 0 bridgehead atoms. The molecule has 0 unspecified atom stereocenters. The zero-order valence-corrected chi connectivity index (χ0v) is 19.6. The van der Waals surface area contributed by atoms with Crippen molar-refractivity contribution in [2.45, 2.75) is 33.5 Å².